The van der Waals surface area contributed by atoms with Crippen LogP contribution < -0.4 is 28.8 Å². The molecule has 0 unspecified atom stereocenters. The third-order valence-corrected chi connectivity index (χ3v) is 95.3. The zero-order valence-electron chi connectivity index (χ0n) is 73.7. The number of rotatable bonds is 14. The number of fused-ring (bicyclic) bond motifs is 6. The van der Waals surface area contributed by atoms with Gasteiger partial charge in [-0.2, -0.15) is 0 Å². The molecule has 14 saturated carbocycles. The van der Waals surface area contributed by atoms with Crippen molar-refractivity contribution in [2.45, 2.75) is 437 Å². The molecular formula is C80H136N2O27Si14V3. The van der Waals surface area contributed by atoms with Gasteiger partial charge in [0.05, 0.1) is 0 Å². The Morgan fingerprint density at radius 1 is 0.151 bits per heavy atom. The van der Waals surface area contributed by atoms with E-state index in [0.29, 0.717) is 77.0 Å². The molecule has 20 aliphatic rings. The first-order chi connectivity index (χ1) is 58.2. The average molecular weight is 2100 g/mol. The molecule has 8 bridgehead atoms. The van der Waals surface area contributed by atoms with Gasteiger partial charge in [0.25, 0.3) is 0 Å². The van der Waals surface area contributed by atoms with Crippen LogP contribution in [0.25, 0.3) is 0 Å². The summed E-state index contributed by atoms with van der Waals surface area (Å²) in [5.41, 5.74) is -3.77. The minimum atomic E-state index is -4.58. The van der Waals surface area contributed by atoms with Gasteiger partial charge in [0, 0.05) is 69.1 Å². The van der Waals surface area contributed by atoms with Crippen molar-refractivity contribution in [1.29, 1.82) is 0 Å². The number of aromatic nitrogens is 2. The zero-order chi connectivity index (χ0) is 81.9. The molecule has 0 aromatic carbocycles. The van der Waals surface area contributed by atoms with Crippen molar-refractivity contribution >= 4 is 123 Å². The molecule has 2 aromatic heterocycles. The summed E-state index contributed by atoms with van der Waals surface area (Å²) in [5, 5.41) is 0. The van der Waals surface area contributed by atoms with Gasteiger partial charge in [-0.25, -0.2) is 0 Å². The Balaban J connectivity index is 0.000000182. The molecule has 29 nitrogen and oxygen atoms in total. The van der Waals surface area contributed by atoms with E-state index in [1.54, 1.807) is 24.8 Å². The standard InChI is InChI=1S/2C35H63O12Si7.2C5H5N.3O.3V/c2*36-48(29-15-1-2-16-29)39-51(32-21-7-8-22-32)41-49(37,30-17-3-4-18-30)43-53(34-25-11-12-26-34)44-50(38,31-19-5-6-20-31)42-52(40-48,33-23-9-10-24-33)46-54(45-51,47-53)35-27-13-14-28-35;2*1-2-4-6-5-3-1;;;;;;/h2*29-35H,1-28H2;2*1-5H;;;;;;/q2*-3;;;3*-2;3*+4. The fourth-order valence-electron chi connectivity index (χ4n) is 25.7. The Bertz CT molecular complexity index is 3040. The van der Waals surface area contributed by atoms with E-state index in [2.05, 4.69) is 9.97 Å². The third-order valence-electron chi connectivity index (χ3n) is 32.2. The van der Waals surface area contributed by atoms with Crippen LogP contribution >= 0.6 is 0 Å². The monoisotopic (exact) mass is 2100 g/mol. The van der Waals surface area contributed by atoms with Crippen molar-refractivity contribution in [3.05, 3.63) is 61.2 Å². The second kappa shape index (κ2) is 44.0. The van der Waals surface area contributed by atoms with Crippen molar-refractivity contribution in [2.75, 3.05) is 0 Å². The number of hydrogen-bond acceptors (Lipinski definition) is 26. The summed E-state index contributed by atoms with van der Waals surface area (Å²) in [5.74, 6) is 0. The van der Waals surface area contributed by atoms with Crippen LogP contribution in [0.2, 0.25) is 77.6 Å². The first-order valence-electron chi connectivity index (χ1n) is 48.7. The van der Waals surface area contributed by atoms with Gasteiger partial charge in [-0.15, -0.1) is 0 Å². The second-order valence-corrected chi connectivity index (χ2v) is 83.1. The second-order valence-electron chi connectivity index (χ2n) is 40.1. The molecule has 699 valence electrons. The van der Waals surface area contributed by atoms with Gasteiger partial charge in [-0.1, -0.05) is 192 Å². The van der Waals surface area contributed by atoms with E-state index in [1.165, 1.54) is 0 Å². The van der Waals surface area contributed by atoms with Gasteiger partial charge in [0.15, 0.2) is 0 Å². The van der Waals surface area contributed by atoms with Gasteiger partial charge in [0.1, 0.15) is 0 Å². The summed E-state index contributed by atoms with van der Waals surface area (Å²) in [7, 11) is -61.1. The fourth-order valence-corrected chi connectivity index (χ4v) is 110. The average Bonchev–Trinajstić information content (AvgIpc) is 1.09. The predicted molar refractivity (Wildman–Crippen MR) is 462 cm³/mol. The fraction of sp³-hybridized carbons (Fsp3) is 0.875. The molecule has 8 heterocycles. The smallest absolute Gasteiger partial charge is 2.00 e. The molecule has 20 fully saturated rings. The molecule has 14 aliphatic carbocycles. The quantitative estimate of drug-likeness (QED) is 0.159. The minimum absolute atomic E-state index is 0. The van der Waals surface area contributed by atoms with Gasteiger partial charge < -0.3 is 119 Å². The molecular weight excluding hydrogens is 1970 g/mol. The van der Waals surface area contributed by atoms with E-state index < -0.39 is 123 Å². The summed E-state index contributed by atoms with van der Waals surface area (Å²) < 4.78 is 137. The van der Waals surface area contributed by atoms with E-state index in [4.69, 9.17) is 74.1 Å². The largest absolute Gasteiger partial charge is 4.00 e. The minimum Gasteiger partial charge on any atom is -2.00 e. The summed E-state index contributed by atoms with van der Waals surface area (Å²) in [6, 6.07) is 11.4. The van der Waals surface area contributed by atoms with Gasteiger partial charge >= 0.3 is 126 Å². The van der Waals surface area contributed by atoms with Crippen LogP contribution in [0.5, 0.6) is 0 Å². The van der Waals surface area contributed by atoms with E-state index in [1.807, 2.05) is 36.4 Å². The molecule has 46 heteroatoms. The van der Waals surface area contributed by atoms with Gasteiger partial charge in [-0.3, -0.25) is 9.97 Å². The zero-order valence-corrected chi connectivity index (χ0v) is 91.9. The molecule has 6 aliphatic heterocycles. The first kappa shape index (κ1) is 105. The molecule has 0 atom stereocenters. The topological polar surface area (TPSA) is 416 Å². The van der Waals surface area contributed by atoms with Crippen LogP contribution in [0.1, 0.15) is 360 Å². The molecule has 3 radical (unpaired) electrons. The van der Waals surface area contributed by atoms with Crippen molar-refractivity contribution in [2.24, 2.45) is 0 Å². The maximum absolute atomic E-state index is 16.4. The molecule has 0 spiro atoms. The molecule has 22 rings (SSSR count). The van der Waals surface area contributed by atoms with Gasteiger partial charge in [-0.05, 0) is 237 Å². The number of pyridine rings is 2. The molecule has 126 heavy (non-hydrogen) atoms. The van der Waals surface area contributed by atoms with Crippen LogP contribution in [0.15, 0.2) is 61.2 Å². The normalized spacial score (nSPS) is 42.3. The number of hydrogen-bond donors (Lipinski definition) is 0. The van der Waals surface area contributed by atoms with E-state index in [9.17, 15) is 0 Å². The van der Waals surface area contributed by atoms with Crippen LogP contribution in [0.4, 0.5) is 0 Å². The Labute approximate surface area is 799 Å². The molecule has 2 aromatic rings. The Morgan fingerprint density at radius 3 is 0.333 bits per heavy atom. The maximum Gasteiger partial charge on any atom is 4.00 e. The SMILES string of the molecule is [O-2].[O-2].[O-2].[O-][Si]1(C2CCCC2)O[Si]2(C3CCCC3)O[Si]([O-])(C3CCCC3)O[Si]3(C4CCCC4)O[Si]([O-])(C4CCCC4)O[Si](C4CCCC4)(O1)O[Si](C1CCCC1)(O2)O3.[O-][Si]1(C2CCCC2)O[Si]2(C3CCCC3)O[Si]([O-])(C3CCCC3)O[Si]3(C4CCCC4)O[Si]([O-])(C4CCCC4)O[Si](C4CCCC4)(O1)O[Si](C1CCCC1)(O2)O3.[V+4].[V+4].[V+4].c1ccncc1.c1ccncc1. The predicted octanol–water partition coefficient (Wildman–Crippen LogP) is 14.7. The van der Waals surface area contributed by atoms with Gasteiger partial charge in [0.2, 0.25) is 52.8 Å². The maximum atomic E-state index is 16.4. The summed E-state index contributed by atoms with van der Waals surface area (Å²) >= 11 is 0. The van der Waals surface area contributed by atoms with Crippen molar-refractivity contribution in [3.63, 3.8) is 0 Å². The summed E-state index contributed by atoms with van der Waals surface area (Å²) in [6.45, 7) is 0. The van der Waals surface area contributed by atoms with Crippen molar-refractivity contribution in [1.82, 2.24) is 9.97 Å². The first-order valence-corrected chi connectivity index (χ1v) is 74.0. The Morgan fingerprint density at radius 2 is 0.246 bits per heavy atom. The summed E-state index contributed by atoms with van der Waals surface area (Å²) in [4.78, 5) is 106. The van der Waals surface area contributed by atoms with Crippen molar-refractivity contribution < 1.29 is 175 Å². The molecule has 0 amide bonds. The Hall–Kier alpha value is 2.01. The number of nitrogens with zero attached hydrogens (tertiary/aromatic N) is 2. The molecule has 0 N–H and O–H groups in total. The van der Waals surface area contributed by atoms with E-state index in [-0.39, 0.29) is 150 Å². The van der Waals surface area contributed by atoms with E-state index >= 15 is 28.8 Å². The Kier molecular flexibility index (Phi) is 36.8. The third kappa shape index (κ3) is 21.3. The van der Waals surface area contributed by atoms with Crippen LogP contribution in [0, 0.1) is 0 Å². The van der Waals surface area contributed by atoms with Crippen LogP contribution in [-0.2, 0) is 146 Å². The van der Waals surface area contributed by atoms with Crippen molar-refractivity contribution in [3.8, 4) is 0 Å². The van der Waals surface area contributed by atoms with Crippen LogP contribution in [-0.4, -0.2) is 133 Å². The van der Waals surface area contributed by atoms with Crippen LogP contribution in [0.3, 0.4) is 0 Å². The molecule has 6 saturated heterocycles. The summed E-state index contributed by atoms with van der Waals surface area (Å²) in [6.07, 6.45) is 54.5. The van der Waals surface area contributed by atoms with E-state index in [0.717, 1.165) is 283 Å².